The van der Waals surface area contributed by atoms with Gasteiger partial charge < -0.3 is 5.73 Å². The maximum atomic E-state index is 12.4. The number of hydrogen-bond donors (Lipinski definition) is 2. The molecule has 0 radical (unpaired) electrons. The van der Waals surface area contributed by atoms with Crippen LogP contribution in [0.5, 0.6) is 0 Å². The Hall–Kier alpha value is -1.07. The number of benzene rings is 1. The number of nitrogens with one attached hydrogen (secondary N) is 1. The number of hydrogen-bond acceptors (Lipinski definition) is 3. The van der Waals surface area contributed by atoms with Gasteiger partial charge in [0.2, 0.25) is 10.0 Å². The fraction of sp³-hybridized carbons (Fsp3) is 0.600. The van der Waals surface area contributed by atoms with Gasteiger partial charge in [-0.3, -0.25) is 0 Å². The van der Waals surface area contributed by atoms with Crippen molar-refractivity contribution in [2.24, 2.45) is 5.92 Å². The van der Waals surface area contributed by atoms with Crippen molar-refractivity contribution in [2.75, 3.05) is 5.73 Å². The van der Waals surface area contributed by atoms with E-state index in [-0.39, 0.29) is 10.9 Å². The Kier molecular flexibility index (Phi) is 4.70. The maximum absolute atomic E-state index is 12.4. The van der Waals surface area contributed by atoms with E-state index in [1.807, 2.05) is 6.92 Å². The second kappa shape index (κ2) is 6.14. The lowest BCUT2D eigenvalue weighted by atomic mass is 9.88. The highest BCUT2D eigenvalue weighted by Gasteiger charge is 2.24. The lowest BCUT2D eigenvalue weighted by molar-refractivity contribution is 0.327. The zero-order chi connectivity index (χ0) is 14.8. The van der Waals surface area contributed by atoms with E-state index in [9.17, 15) is 8.42 Å². The van der Waals surface area contributed by atoms with E-state index < -0.39 is 10.0 Å². The third-order valence-corrected chi connectivity index (χ3v) is 5.58. The summed E-state index contributed by atoms with van der Waals surface area (Å²) < 4.78 is 27.6. The monoisotopic (exact) mass is 296 g/mol. The van der Waals surface area contributed by atoms with Crippen molar-refractivity contribution in [1.29, 1.82) is 0 Å². The van der Waals surface area contributed by atoms with Gasteiger partial charge in [0.15, 0.2) is 0 Å². The summed E-state index contributed by atoms with van der Waals surface area (Å²) in [6.45, 7) is 4.18. The molecule has 3 N–H and O–H groups in total. The Morgan fingerprint density at radius 2 is 2.10 bits per heavy atom. The van der Waals surface area contributed by atoms with Crippen molar-refractivity contribution in [2.45, 2.75) is 56.9 Å². The average Bonchev–Trinajstić information content (AvgIpc) is 2.38. The van der Waals surface area contributed by atoms with E-state index in [2.05, 4.69) is 11.6 Å². The predicted octanol–water partition coefficient (Wildman–Crippen LogP) is 2.69. The van der Waals surface area contributed by atoms with Gasteiger partial charge in [0, 0.05) is 11.7 Å². The van der Waals surface area contributed by atoms with E-state index >= 15 is 0 Å². The second-order valence-corrected chi connectivity index (χ2v) is 7.52. The molecule has 1 aromatic rings. The molecule has 2 unspecified atom stereocenters. The second-order valence-electron chi connectivity index (χ2n) is 5.80. The molecule has 1 aliphatic rings. The van der Waals surface area contributed by atoms with Crippen molar-refractivity contribution in [3.8, 4) is 0 Å². The van der Waals surface area contributed by atoms with Gasteiger partial charge in [-0.1, -0.05) is 32.8 Å². The Balaban J connectivity index is 2.15. The molecule has 2 rings (SSSR count). The van der Waals surface area contributed by atoms with Crippen LogP contribution in [-0.2, 0) is 16.4 Å². The molecule has 0 bridgehead atoms. The minimum absolute atomic E-state index is 0.0517. The molecular weight excluding hydrogens is 272 g/mol. The molecule has 2 atom stereocenters. The van der Waals surface area contributed by atoms with Crippen LogP contribution in [0.4, 0.5) is 5.69 Å². The molecular formula is C15H24N2O2S. The van der Waals surface area contributed by atoms with Gasteiger partial charge in [-0.25, -0.2) is 13.1 Å². The minimum Gasteiger partial charge on any atom is -0.398 e. The summed E-state index contributed by atoms with van der Waals surface area (Å²) in [5, 5.41) is 0. The normalized spacial score (nSPS) is 23.7. The number of nitrogen functional groups attached to an aromatic ring is 1. The maximum Gasteiger partial charge on any atom is 0.240 e. The predicted molar refractivity (Wildman–Crippen MR) is 82.0 cm³/mol. The summed E-state index contributed by atoms with van der Waals surface area (Å²) in [7, 11) is -3.46. The van der Waals surface area contributed by atoms with Gasteiger partial charge in [-0.15, -0.1) is 0 Å². The van der Waals surface area contributed by atoms with Crippen LogP contribution in [0.3, 0.4) is 0 Å². The smallest absolute Gasteiger partial charge is 0.240 e. The molecule has 5 heteroatoms. The van der Waals surface area contributed by atoms with Crippen LogP contribution in [0.15, 0.2) is 23.1 Å². The molecule has 1 aliphatic carbocycles. The Morgan fingerprint density at radius 1 is 1.35 bits per heavy atom. The molecule has 0 aliphatic heterocycles. The fourth-order valence-corrected chi connectivity index (χ4v) is 4.21. The number of anilines is 1. The fourth-order valence-electron chi connectivity index (χ4n) is 2.89. The third kappa shape index (κ3) is 3.52. The molecule has 1 saturated carbocycles. The van der Waals surface area contributed by atoms with Gasteiger partial charge in [-0.2, -0.15) is 0 Å². The molecule has 0 aromatic heterocycles. The zero-order valence-electron chi connectivity index (χ0n) is 12.2. The SMILES string of the molecule is CCc1ccc(S(=O)(=O)NC2CCCC(C)C2)cc1N. The van der Waals surface area contributed by atoms with Gasteiger partial charge in [0.05, 0.1) is 4.90 Å². The van der Waals surface area contributed by atoms with Crippen molar-refractivity contribution >= 4 is 15.7 Å². The summed E-state index contributed by atoms with van der Waals surface area (Å²) in [4.78, 5) is 0.269. The van der Waals surface area contributed by atoms with Crippen LogP contribution < -0.4 is 10.5 Å². The highest BCUT2D eigenvalue weighted by Crippen LogP contribution is 2.25. The van der Waals surface area contributed by atoms with Crippen molar-refractivity contribution in [3.63, 3.8) is 0 Å². The van der Waals surface area contributed by atoms with Gasteiger partial charge in [0.1, 0.15) is 0 Å². The first-order chi connectivity index (χ1) is 9.42. The highest BCUT2D eigenvalue weighted by atomic mass is 32.2. The Morgan fingerprint density at radius 3 is 2.70 bits per heavy atom. The summed E-state index contributed by atoms with van der Waals surface area (Å²) in [5.74, 6) is 0.587. The zero-order valence-corrected chi connectivity index (χ0v) is 13.0. The van der Waals surface area contributed by atoms with Crippen molar-refractivity contribution in [3.05, 3.63) is 23.8 Å². The summed E-state index contributed by atoms with van der Waals surface area (Å²) in [6, 6.07) is 5.06. The molecule has 4 nitrogen and oxygen atoms in total. The topological polar surface area (TPSA) is 72.2 Å². The third-order valence-electron chi connectivity index (χ3n) is 4.07. The average molecular weight is 296 g/mol. The molecule has 0 amide bonds. The molecule has 1 fully saturated rings. The molecule has 112 valence electrons. The lowest BCUT2D eigenvalue weighted by Crippen LogP contribution is -2.37. The summed E-state index contributed by atoms with van der Waals surface area (Å²) in [5.41, 5.74) is 7.42. The number of sulfonamides is 1. The first-order valence-corrected chi connectivity index (χ1v) is 8.81. The van der Waals surface area contributed by atoms with E-state index in [0.717, 1.165) is 31.2 Å². The number of rotatable bonds is 4. The molecule has 0 heterocycles. The van der Waals surface area contributed by atoms with E-state index in [4.69, 9.17) is 5.73 Å². The van der Waals surface area contributed by atoms with Gasteiger partial charge >= 0.3 is 0 Å². The van der Waals surface area contributed by atoms with E-state index in [1.165, 1.54) is 6.42 Å². The Bertz CT molecular complexity index is 569. The molecule has 0 saturated heterocycles. The van der Waals surface area contributed by atoms with E-state index in [0.29, 0.717) is 11.6 Å². The molecule has 20 heavy (non-hydrogen) atoms. The van der Waals surface area contributed by atoms with Crippen LogP contribution in [0.2, 0.25) is 0 Å². The van der Waals surface area contributed by atoms with Gasteiger partial charge in [-0.05, 0) is 42.9 Å². The quantitative estimate of drug-likeness (QED) is 0.839. The first-order valence-electron chi connectivity index (χ1n) is 7.33. The van der Waals surface area contributed by atoms with Crippen LogP contribution >= 0.6 is 0 Å². The lowest BCUT2D eigenvalue weighted by Gasteiger charge is -2.27. The minimum atomic E-state index is -3.46. The highest BCUT2D eigenvalue weighted by molar-refractivity contribution is 7.89. The number of nitrogens with two attached hydrogens (primary N) is 1. The van der Waals surface area contributed by atoms with E-state index in [1.54, 1.807) is 18.2 Å². The van der Waals surface area contributed by atoms with Crippen molar-refractivity contribution in [1.82, 2.24) is 4.72 Å². The van der Waals surface area contributed by atoms with Crippen LogP contribution in [0.1, 0.15) is 45.1 Å². The van der Waals surface area contributed by atoms with Crippen molar-refractivity contribution < 1.29 is 8.42 Å². The number of aryl methyl sites for hydroxylation is 1. The van der Waals surface area contributed by atoms with Crippen LogP contribution in [0.25, 0.3) is 0 Å². The Labute approximate surface area is 121 Å². The largest absolute Gasteiger partial charge is 0.398 e. The molecule has 0 spiro atoms. The standard InChI is InChI=1S/C15H24N2O2S/c1-3-12-7-8-14(10-15(12)16)20(18,19)17-13-6-4-5-11(2)9-13/h7-8,10-11,13,17H,3-6,9,16H2,1-2H3. The summed E-state index contributed by atoms with van der Waals surface area (Å²) >= 11 is 0. The van der Waals surface area contributed by atoms with Gasteiger partial charge in [0.25, 0.3) is 0 Å². The first kappa shape index (κ1) is 15.3. The van der Waals surface area contributed by atoms with Crippen LogP contribution in [0, 0.1) is 5.92 Å². The summed E-state index contributed by atoms with van der Waals surface area (Å²) in [6.07, 6.45) is 4.93. The molecule has 1 aromatic carbocycles. The van der Waals surface area contributed by atoms with Crippen LogP contribution in [-0.4, -0.2) is 14.5 Å².